The maximum absolute atomic E-state index is 11.4. The summed E-state index contributed by atoms with van der Waals surface area (Å²) in [6.07, 6.45) is 1.41. The molecule has 0 fully saturated rings. The van der Waals surface area contributed by atoms with Crippen molar-refractivity contribution >= 4 is 18.3 Å². The molecule has 0 atom stereocenters. The first-order valence-corrected chi connectivity index (χ1v) is 7.38. The molecule has 0 saturated carbocycles. The minimum Gasteiger partial charge on any atom is -0.352 e. The van der Waals surface area contributed by atoms with Gasteiger partial charge in [0.1, 0.15) is 0 Å². The second kappa shape index (κ2) is 9.23. The highest BCUT2D eigenvalue weighted by molar-refractivity contribution is 5.85. The molecule has 3 N–H and O–H groups in total. The van der Waals surface area contributed by atoms with E-state index in [1.165, 1.54) is 5.56 Å². The molecule has 0 saturated heterocycles. The third-order valence-electron chi connectivity index (χ3n) is 3.51. The predicted octanol–water partition coefficient (Wildman–Crippen LogP) is 3.30. The number of amides is 1. The Morgan fingerprint density at radius 2 is 1.77 bits per heavy atom. The average Bonchev–Trinajstić information content (AvgIpc) is 2.54. The largest absolute Gasteiger partial charge is 0.352 e. The van der Waals surface area contributed by atoms with E-state index in [1.54, 1.807) is 0 Å². The smallest absolute Gasteiger partial charge is 0.219 e. The molecule has 0 aromatic heterocycles. The summed E-state index contributed by atoms with van der Waals surface area (Å²) in [4.78, 5) is 11.4. The van der Waals surface area contributed by atoms with Crippen LogP contribution in [-0.4, -0.2) is 12.5 Å². The van der Waals surface area contributed by atoms with E-state index in [1.807, 2.05) is 19.1 Å². The normalized spacial score (nSPS) is 9.91. The number of carbonyl (C=O) groups is 1. The molecule has 1 amide bonds. The average molecular weight is 319 g/mol. The number of carbonyl (C=O) groups excluding carboxylic acids is 1. The third-order valence-corrected chi connectivity index (χ3v) is 3.51. The van der Waals surface area contributed by atoms with Crippen LogP contribution >= 0.6 is 12.4 Å². The van der Waals surface area contributed by atoms with Crippen molar-refractivity contribution in [3.05, 3.63) is 59.7 Å². The zero-order chi connectivity index (χ0) is 15.1. The van der Waals surface area contributed by atoms with Crippen LogP contribution in [0.2, 0.25) is 0 Å². The summed E-state index contributed by atoms with van der Waals surface area (Å²) in [5.41, 5.74) is 10.3. The van der Waals surface area contributed by atoms with Crippen molar-refractivity contribution in [3.63, 3.8) is 0 Å². The molecule has 3 nitrogen and oxygen atoms in total. The number of hydrogen-bond donors (Lipinski definition) is 2. The maximum Gasteiger partial charge on any atom is 0.219 e. The fourth-order valence-corrected chi connectivity index (χ4v) is 2.29. The monoisotopic (exact) mass is 318 g/mol. The Morgan fingerprint density at radius 1 is 1.09 bits per heavy atom. The zero-order valence-corrected chi connectivity index (χ0v) is 13.7. The van der Waals surface area contributed by atoms with E-state index in [0.29, 0.717) is 19.5 Å². The second-order valence-corrected chi connectivity index (χ2v) is 5.02. The van der Waals surface area contributed by atoms with Gasteiger partial charge in [-0.3, -0.25) is 4.79 Å². The molecule has 0 aliphatic rings. The van der Waals surface area contributed by atoms with Crippen LogP contribution in [-0.2, 0) is 17.8 Å². The molecular weight excluding hydrogens is 296 g/mol. The number of nitrogens with one attached hydrogen (secondary N) is 1. The van der Waals surface area contributed by atoms with Crippen LogP contribution in [0.1, 0.15) is 24.5 Å². The number of rotatable bonds is 6. The standard InChI is InChI=1S/C18H22N2O.ClH/c1-2-18(21)20-13-16-5-3-4-6-17(16)15-9-7-14(8-10-15)11-12-19;/h3-10H,2,11-13,19H2,1H3,(H,20,21);1H. The Bertz CT molecular complexity index is 596. The number of hydrogen-bond acceptors (Lipinski definition) is 2. The molecular formula is C18H23ClN2O. The van der Waals surface area contributed by atoms with E-state index in [2.05, 4.69) is 41.7 Å². The highest BCUT2D eigenvalue weighted by atomic mass is 35.5. The van der Waals surface area contributed by atoms with Crippen LogP contribution in [0, 0.1) is 0 Å². The van der Waals surface area contributed by atoms with Gasteiger partial charge in [0.2, 0.25) is 5.91 Å². The lowest BCUT2D eigenvalue weighted by Gasteiger charge is -2.11. The molecule has 22 heavy (non-hydrogen) atoms. The van der Waals surface area contributed by atoms with Crippen molar-refractivity contribution in [3.8, 4) is 11.1 Å². The molecule has 2 aromatic carbocycles. The topological polar surface area (TPSA) is 55.1 Å². The summed E-state index contributed by atoms with van der Waals surface area (Å²) in [5.74, 6) is 0.0723. The van der Waals surface area contributed by atoms with Crippen molar-refractivity contribution in [1.82, 2.24) is 5.32 Å². The van der Waals surface area contributed by atoms with E-state index in [-0.39, 0.29) is 18.3 Å². The fourth-order valence-electron chi connectivity index (χ4n) is 2.29. The Balaban J connectivity index is 0.00000242. The van der Waals surface area contributed by atoms with Crippen LogP contribution in [0.4, 0.5) is 0 Å². The summed E-state index contributed by atoms with van der Waals surface area (Å²) in [5, 5.41) is 2.93. The number of benzene rings is 2. The molecule has 0 aliphatic heterocycles. The van der Waals surface area contributed by atoms with Gasteiger partial charge in [-0.05, 0) is 35.2 Å². The van der Waals surface area contributed by atoms with Gasteiger partial charge in [0.15, 0.2) is 0 Å². The van der Waals surface area contributed by atoms with Crippen molar-refractivity contribution in [2.45, 2.75) is 26.3 Å². The van der Waals surface area contributed by atoms with Gasteiger partial charge in [0.25, 0.3) is 0 Å². The van der Waals surface area contributed by atoms with Crippen molar-refractivity contribution < 1.29 is 4.79 Å². The van der Waals surface area contributed by atoms with Gasteiger partial charge in [0, 0.05) is 13.0 Å². The van der Waals surface area contributed by atoms with E-state index >= 15 is 0 Å². The van der Waals surface area contributed by atoms with Crippen molar-refractivity contribution in [2.24, 2.45) is 5.73 Å². The SMILES string of the molecule is CCC(=O)NCc1ccccc1-c1ccc(CCN)cc1.Cl. The Labute approximate surface area is 138 Å². The first-order valence-electron chi connectivity index (χ1n) is 7.38. The van der Waals surface area contributed by atoms with Crippen molar-refractivity contribution in [1.29, 1.82) is 0 Å². The Kier molecular flexibility index (Phi) is 7.64. The van der Waals surface area contributed by atoms with Crippen LogP contribution in [0.3, 0.4) is 0 Å². The summed E-state index contributed by atoms with van der Waals surface area (Å²) >= 11 is 0. The second-order valence-electron chi connectivity index (χ2n) is 5.02. The van der Waals surface area contributed by atoms with Crippen LogP contribution in [0.25, 0.3) is 11.1 Å². The first kappa shape index (κ1) is 18.2. The molecule has 118 valence electrons. The highest BCUT2D eigenvalue weighted by Crippen LogP contribution is 2.24. The van der Waals surface area contributed by atoms with Gasteiger partial charge in [0.05, 0.1) is 0 Å². The minimum atomic E-state index is 0. The lowest BCUT2D eigenvalue weighted by Crippen LogP contribution is -2.21. The molecule has 0 aliphatic carbocycles. The lowest BCUT2D eigenvalue weighted by atomic mass is 9.98. The quantitative estimate of drug-likeness (QED) is 0.858. The van der Waals surface area contributed by atoms with Crippen LogP contribution in [0.5, 0.6) is 0 Å². The molecule has 2 rings (SSSR count). The Morgan fingerprint density at radius 3 is 2.41 bits per heavy atom. The molecule has 4 heteroatoms. The third kappa shape index (κ3) is 4.86. The van der Waals surface area contributed by atoms with E-state index in [4.69, 9.17) is 5.73 Å². The van der Waals surface area contributed by atoms with Gasteiger partial charge < -0.3 is 11.1 Å². The minimum absolute atomic E-state index is 0. The summed E-state index contributed by atoms with van der Waals surface area (Å²) in [6.45, 7) is 3.09. The Hall–Kier alpha value is -1.84. The van der Waals surface area contributed by atoms with Crippen molar-refractivity contribution in [2.75, 3.05) is 6.54 Å². The maximum atomic E-state index is 11.4. The van der Waals surface area contributed by atoms with E-state index < -0.39 is 0 Å². The predicted molar refractivity (Wildman–Crippen MR) is 94.0 cm³/mol. The van der Waals surface area contributed by atoms with E-state index in [9.17, 15) is 4.79 Å². The summed E-state index contributed by atoms with van der Waals surface area (Å²) in [6, 6.07) is 16.6. The zero-order valence-electron chi connectivity index (χ0n) is 12.8. The molecule has 0 spiro atoms. The fraction of sp³-hybridized carbons (Fsp3) is 0.278. The summed E-state index contributed by atoms with van der Waals surface area (Å²) in [7, 11) is 0. The summed E-state index contributed by atoms with van der Waals surface area (Å²) < 4.78 is 0. The molecule has 0 bridgehead atoms. The number of nitrogens with two attached hydrogens (primary N) is 1. The molecule has 0 radical (unpaired) electrons. The van der Waals surface area contributed by atoms with Gasteiger partial charge in [-0.2, -0.15) is 0 Å². The van der Waals surface area contributed by atoms with E-state index in [0.717, 1.165) is 23.1 Å². The van der Waals surface area contributed by atoms with Gasteiger partial charge in [-0.25, -0.2) is 0 Å². The first-order chi connectivity index (χ1) is 10.2. The van der Waals surface area contributed by atoms with Gasteiger partial charge >= 0.3 is 0 Å². The number of halogens is 1. The van der Waals surface area contributed by atoms with Crippen LogP contribution < -0.4 is 11.1 Å². The van der Waals surface area contributed by atoms with Crippen LogP contribution in [0.15, 0.2) is 48.5 Å². The molecule has 0 heterocycles. The highest BCUT2D eigenvalue weighted by Gasteiger charge is 2.06. The lowest BCUT2D eigenvalue weighted by molar-refractivity contribution is -0.120. The van der Waals surface area contributed by atoms with Gasteiger partial charge in [-0.1, -0.05) is 55.5 Å². The molecule has 2 aromatic rings. The van der Waals surface area contributed by atoms with Gasteiger partial charge in [-0.15, -0.1) is 12.4 Å². The molecule has 0 unspecified atom stereocenters.